The minimum Gasteiger partial charge on any atom is -0.258 e. The largest absolute Gasteiger partial charge is 0.258 e. The molecule has 0 N–H and O–H groups in total. The van der Waals surface area contributed by atoms with Gasteiger partial charge in [-0.15, -0.1) is 0 Å². The first kappa shape index (κ1) is 6.68. The monoisotopic (exact) mass is 189 g/mol. The van der Waals surface area contributed by atoms with Crippen molar-refractivity contribution in [3.8, 4) is 0 Å². The molecule has 0 radical (unpaired) electrons. The molecule has 1 nitrogen and oxygen atoms in total. The van der Waals surface area contributed by atoms with E-state index in [0.717, 1.165) is 0 Å². The number of rotatable bonds is 0. The normalized spacial score (nSPS) is 9.67. The summed E-state index contributed by atoms with van der Waals surface area (Å²) in [6.07, 6.45) is 1.56. The molecule has 1 aromatic rings. The molecule has 0 aliphatic heterocycles. The van der Waals surface area contributed by atoms with Gasteiger partial charge in [-0.3, -0.25) is 4.98 Å². The summed E-state index contributed by atoms with van der Waals surface area (Å²) in [5.74, 6) is -0.280. The Morgan fingerprint density at radius 3 is 2.78 bits per heavy atom. The Labute approximate surface area is 61.0 Å². The first-order valence-electron chi connectivity index (χ1n) is 2.48. The van der Waals surface area contributed by atoms with Gasteiger partial charge in [0.15, 0.2) is 5.82 Å². The van der Waals surface area contributed by atoms with E-state index in [9.17, 15) is 4.39 Å². The first-order chi connectivity index (χ1) is 4.22. The number of halogens is 2. The van der Waals surface area contributed by atoms with Crippen molar-refractivity contribution in [1.29, 1.82) is 0 Å². The molecule has 0 aliphatic rings. The summed E-state index contributed by atoms with van der Waals surface area (Å²) in [7, 11) is 0. The van der Waals surface area contributed by atoms with E-state index in [1.165, 1.54) is 0 Å². The highest BCUT2D eigenvalue weighted by Crippen LogP contribution is 2.14. The smallest absolute Gasteiger partial charge is 0.158 e. The van der Waals surface area contributed by atoms with E-state index in [0.29, 0.717) is 10.2 Å². The lowest BCUT2D eigenvalue weighted by atomic mass is 10.4. The van der Waals surface area contributed by atoms with E-state index >= 15 is 0 Å². The molecular formula is C6H5BrFN. The van der Waals surface area contributed by atoms with Crippen molar-refractivity contribution in [2.45, 2.75) is 6.92 Å². The molecule has 0 saturated carbocycles. The predicted octanol–water partition coefficient (Wildman–Crippen LogP) is 2.29. The molecule has 1 heterocycles. The Hall–Kier alpha value is -0.440. The van der Waals surface area contributed by atoms with E-state index in [-0.39, 0.29) is 5.82 Å². The summed E-state index contributed by atoms with van der Waals surface area (Å²) in [6, 6.07) is 1.57. The van der Waals surface area contributed by atoms with Crippen LogP contribution < -0.4 is 0 Å². The van der Waals surface area contributed by atoms with E-state index in [4.69, 9.17) is 0 Å². The quantitative estimate of drug-likeness (QED) is 0.611. The molecule has 0 aromatic carbocycles. The van der Waals surface area contributed by atoms with E-state index in [2.05, 4.69) is 20.9 Å². The molecule has 1 rings (SSSR count). The summed E-state index contributed by atoms with van der Waals surface area (Å²) < 4.78 is 13.1. The van der Waals surface area contributed by atoms with Crippen LogP contribution in [0.4, 0.5) is 4.39 Å². The number of hydrogen-bond acceptors (Lipinski definition) is 1. The van der Waals surface area contributed by atoms with Gasteiger partial charge in [-0.2, -0.15) is 0 Å². The second-order valence-electron chi connectivity index (χ2n) is 1.69. The summed E-state index contributed by atoms with van der Waals surface area (Å²) in [5, 5.41) is 0. The topological polar surface area (TPSA) is 12.9 Å². The summed E-state index contributed by atoms with van der Waals surface area (Å²) in [5.41, 5.74) is 0.421. The van der Waals surface area contributed by atoms with Gasteiger partial charge in [0, 0.05) is 6.20 Å². The molecule has 0 unspecified atom stereocenters. The SMILES string of the molecule is Cc1nccc(Br)c1F. The summed E-state index contributed by atoms with van der Waals surface area (Å²) in [6.45, 7) is 1.63. The van der Waals surface area contributed by atoms with Crippen LogP contribution in [-0.2, 0) is 0 Å². The van der Waals surface area contributed by atoms with Crippen LogP contribution in [0.5, 0.6) is 0 Å². The zero-order chi connectivity index (χ0) is 6.85. The molecule has 0 amide bonds. The average molecular weight is 190 g/mol. The van der Waals surface area contributed by atoms with Gasteiger partial charge in [-0.25, -0.2) is 4.39 Å². The van der Waals surface area contributed by atoms with Crippen molar-refractivity contribution in [3.63, 3.8) is 0 Å². The van der Waals surface area contributed by atoms with Crippen LogP contribution >= 0.6 is 15.9 Å². The molecule has 0 aliphatic carbocycles. The van der Waals surface area contributed by atoms with Crippen molar-refractivity contribution in [1.82, 2.24) is 4.98 Å². The molecule has 0 bridgehead atoms. The molecule has 3 heteroatoms. The van der Waals surface area contributed by atoms with Crippen LogP contribution in [0.15, 0.2) is 16.7 Å². The van der Waals surface area contributed by atoms with Gasteiger partial charge in [-0.1, -0.05) is 0 Å². The average Bonchev–Trinajstić information content (AvgIpc) is 1.83. The fraction of sp³-hybridized carbons (Fsp3) is 0.167. The van der Waals surface area contributed by atoms with Crippen LogP contribution in [0.2, 0.25) is 0 Å². The maximum absolute atomic E-state index is 12.6. The number of nitrogens with zero attached hydrogens (tertiary/aromatic N) is 1. The Morgan fingerprint density at radius 1 is 1.67 bits per heavy atom. The summed E-state index contributed by atoms with van der Waals surface area (Å²) >= 11 is 3.03. The summed E-state index contributed by atoms with van der Waals surface area (Å²) in [4.78, 5) is 3.73. The fourth-order valence-electron chi connectivity index (χ4n) is 0.517. The minimum atomic E-state index is -0.280. The molecule has 48 valence electrons. The van der Waals surface area contributed by atoms with Crippen molar-refractivity contribution in [2.75, 3.05) is 0 Å². The molecule has 0 spiro atoms. The van der Waals surface area contributed by atoms with E-state index < -0.39 is 0 Å². The zero-order valence-electron chi connectivity index (χ0n) is 4.86. The molecule has 0 saturated heterocycles. The molecule has 0 atom stereocenters. The molecule has 0 fully saturated rings. The minimum absolute atomic E-state index is 0.280. The van der Waals surface area contributed by atoms with Gasteiger partial charge in [0.2, 0.25) is 0 Å². The van der Waals surface area contributed by atoms with Crippen LogP contribution in [-0.4, -0.2) is 4.98 Å². The Kier molecular flexibility index (Phi) is 1.81. The van der Waals surface area contributed by atoms with Gasteiger partial charge < -0.3 is 0 Å². The second kappa shape index (κ2) is 2.43. The van der Waals surface area contributed by atoms with Crippen LogP contribution in [0.25, 0.3) is 0 Å². The first-order valence-corrected chi connectivity index (χ1v) is 3.27. The van der Waals surface area contributed by atoms with Crippen molar-refractivity contribution in [3.05, 3.63) is 28.2 Å². The van der Waals surface area contributed by atoms with Crippen molar-refractivity contribution >= 4 is 15.9 Å². The number of hydrogen-bond donors (Lipinski definition) is 0. The van der Waals surface area contributed by atoms with Gasteiger partial charge in [0.25, 0.3) is 0 Å². The Morgan fingerprint density at radius 2 is 2.33 bits per heavy atom. The second-order valence-corrected chi connectivity index (χ2v) is 2.55. The number of aromatic nitrogens is 1. The third-order valence-corrected chi connectivity index (χ3v) is 1.63. The highest BCUT2D eigenvalue weighted by Gasteiger charge is 1.99. The Bertz CT molecular complexity index is 204. The standard InChI is InChI=1S/C6H5BrFN/c1-4-6(8)5(7)2-3-9-4/h2-3H,1H3. The van der Waals surface area contributed by atoms with E-state index in [1.54, 1.807) is 19.2 Å². The molecule has 1 aromatic heterocycles. The lowest BCUT2D eigenvalue weighted by Crippen LogP contribution is -1.86. The predicted molar refractivity (Wildman–Crippen MR) is 36.6 cm³/mol. The highest BCUT2D eigenvalue weighted by molar-refractivity contribution is 9.10. The third kappa shape index (κ3) is 1.27. The fourth-order valence-corrected chi connectivity index (χ4v) is 0.922. The van der Waals surface area contributed by atoms with Gasteiger partial charge in [0.05, 0.1) is 10.2 Å². The number of pyridine rings is 1. The van der Waals surface area contributed by atoms with E-state index in [1.807, 2.05) is 0 Å². The van der Waals surface area contributed by atoms with Crippen molar-refractivity contribution < 1.29 is 4.39 Å². The lowest BCUT2D eigenvalue weighted by molar-refractivity contribution is 0.603. The van der Waals surface area contributed by atoms with Gasteiger partial charge in [-0.05, 0) is 28.9 Å². The van der Waals surface area contributed by atoms with Crippen LogP contribution in [0.1, 0.15) is 5.69 Å². The Balaban J connectivity index is 3.25. The van der Waals surface area contributed by atoms with Crippen molar-refractivity contribution in [2.24, 2.45) is 0 Å². The van der Waals surface area contributed by atoms with Gasteiger partial charge >= 0.3 is 0 Å². The highest BCUT2D eigenvalue weighted by atomic mass is 79.9. The molecular weight excluding hydrogens is 185 g/mol. The molecule has 9 heavy (non-hydrogen) atoms. The zero-order valence-corrected chi connectivity index (χ0v) is 6.44. The maximum atomic E-state index is 12.6. The lowest BCUT2D eigenvalue weighted by Gasteiger charge is -1.94. The number of aryl methyl sites for hydroxylation is 1. The maximum Gasteiger partial charge on any atom is 0.158 e. The van der Waals surface area contributed by atoms with Crippen LogP contribution in [0.3, 0.4) is 0 Å². The van der Waals surface area contributed by atoms with Crippen LogP contribution in [0, 0.1) is 12.7 Å². The van der Waals surface area contributed by atoms with Gasteiger partial charge in [0.1, 0.15) is 0 Å². The third-order valence-electron chi connectivity index (χ3n) is 1.02.